The molecule has 0 unspecified atom stereocenters. The Hall–Kier alpha value is -5.47. The number of halogens is 6. The average Bonchev–Trinajstić information content (AvgIpc) is 3.54. The molecule has 7 aromatic carbocycles. The third kappa shape index (κ3) is 5.82. The van der Waals surface area contributed by atoms with Crippen molar-refractivity contribution < 1.29 is 26.3 Å². The zero-order valence-electron chi connectivity index (χ0n) is 25.4. The topological polar surface area (TPSA) is 12.9 Å². The van der Waals surface area contributed by atoms with Gasteiger partial charge in [-0.25, -0.2) is 4.98 Å². The van der Waals surface area contributed by atoms with Gasteiger partial charge in [-0.2, -0.15) is 26.3 Å². The van der Waals surface area contributed by atoms with Gasteiger partial charge in [0.2, 0.25) is 0 Å². The minimum atomic E-state index is -4.93. The van der Waals surface area contributed by atoms with Crippen molar-refractivity contribution >= 4 is 43.1 Å². The van der Waals surface area contributed by atoms with Crippen molar-refractivity contribution in [2.45, 2.75) is 12.4 Å². The largest absolute Gasteiger partial charge is 0.416 e. The van der Waals surface area contributed by atoms with E-state index in [4.69, 9.17) is 4.98 Å². The van der Waals surface area contributed by atoms with Crippen LogP contribution in [0, 0.1) is 0 Å². The molecule has 8 aromatic rings. The van der Waals surface area contributed by atoms with Gasteiger partial charge in [0.1, 0.15) is 5.01 Å². The Morgan fingerprint density at radius 3 is 1.55 bits per heavy atom. The van der Waals surface area contributed by atoms with Gasteiger partial charge in [-0.05, 0) is 97.4 Å². The van der Waals surface area contributed by atoms with Crippen molar-refractivity contribution in [3.05, 3.63) is 151 Å². The first-order valence-corrected chi connectivity index (χ1v) is 16.2. The number of hydrogen-bond acceptors (Lipinski definition) is 2. The van der Waals surface area contributed by atoms with Crippen LogP contribution < -0.4 is 0 Å². The Morgan fingerprint density at radius 2 is 0.939 bits per heavy atom. The van der Waals surface area contributed by atoms with Gasteiger partial charge in [-0.1, -0.05) is 97.1 Å². The molecular weight excluding hydrogens is 653 g/mol. The number of hydrogen-bond donors (Lipinski definition) is 0. The van der Waals surface area contributed by atoms with Crippen LogP contribution in [0.5, 0.6) is 0 Å². The molecule has 49 heavy (non-hydrogen) atoms. The summed E-state index contributed by atoms with van der Waals surface area (Å²) in [6.45, 7) is 0. The fourth-order valence-corrected chi connectivity index (χ4v) is 7.28. The average molecular weight is 676 g/mol. The van der Waals surface area contributed by atoms with Crippen LogP contribution in [0.3, 0.4) is 0 Å². The monoisotopic (exact) mass is 675 g/mol. The molecule has 0 saturated carbocycles. The lowest BCUT2D eigenvalue weighted by Crippen LogP contribution is -2.11. The smallest absolute Gasteiger partial charge is 0.236 e. The number of thiazole rings is 1. The van der Waals surface area contributed by atoms with E-state index in [1.165, 1.54) is 0 Å². The molecule has 0 N–H and O–H groups in total. The lowest BCUT2D eigenvalue weighted by atomic mass is 9.90. The summed E-state index contributed by atoms with van der Waals surface area (Å²) in [5.41, 5.74) is 3.32. The number of aromatic nitrogens is 1. The number of nitrogens with zero attached hydrogens (tertiary/aromatic N) is 1. The van der Waals surface area contributed by atoms with Crippen molar-refractivity contribution in [2.24, 2.45) is 0 Å². The van der Waals surface area contributed by atoms with E-state index in [2.05, 4.69) is 42.5 Å². The van der Waals surface area contributed by atoms with E-state index in [1.807, 2.05) is 48.5 Å². The summed E-state index contributed by atoms with van der Waals surface area (Å²) in [5, 5.41) is 4.27. The summed E-state index contributed by atoms with van der Waals surface area (Å²) >= 11 is 1.66. The molecule has 0 amide bonds. The maximum absolute atomic E-state index is 13.6. The molecule has 0 saturated heterocycles. The van der Waals surface area contributed by atoms with Crippen LogP contribution in [0.15, 0.2) is 140 Å². The Morgan fingerprint density at radius 1 is 0.429 bits per heavy atom. The first kappa shape index (κ1) is 30.8. The molecule has 0 radical (unpaired) electrons. The molecule has 240 valence electrons. The summed E-state index contributed by atoms with van der Waals surface area (Å²) in [7, 11) is 0. The van der Waals surface area contributed by atoms with E-state index in [1.54, 1.807) is 41.7 Å². The van der Waals surface area contributed by atoms with Gasteiger partial charge in [0.05, 0.1) is 21.3 Å². The van der Waals surface area contributed by atoms with Gasteiger partial charge in [0.15, 0.2) is 0 Å². The van der Waals surface area contributed by atoms with Crippen molar-refractivity contribution in [3.8, 4) is 44.0 Å². The molecule has 0 aliphatic carbocycles. The molecule has 1 nitrogen and oxygen atoms in total. The Kier molecular flexibility index (Phi) is 7.30. The van der Waals surface area contributed by atoms with Crippen LogP contribution in [-0.2, 0) is 12.4 Å². The second-order valence-electron chi connectivity index (χ2n) is 11.8. The minimum absolute atomic E-state index is 0.149. The van der Waals surface area contributed by atoms with Crippen molar-refractivity contribution in [3.63, 3.8) is 0 Å². The van der Waals surface area contributed by atoms with Gasteiger partial charge >= 0.3 is 12.4 Å². The third-order valence-corrected chi connectivity index (χ3v) is 9.82. The first-order valence-electron chi connectivity index (χ1n) is 15.3. The molecule has 0 aliphatic heterocycles. The normalized spacial score (nSPS) is 12.3. The van der Waals surface area contributed by atoms with Crippen molar-refractivity contribution in [1.29, 1.82) is 0 Å². The summed E-state index contributed by atoms with van der Waals surface area (Å²) < 4.78 is 83.0. The molecule has 1 heterocycles. The van der Waals surface area contributed by atoms with Crippen molar-refractivity contribution in [1.82, 2.24) is 4.98 Å². The third-order valence-electron chi connectivity index (χ3n) is 8.73. The predicted octanol–water partition coefficient (Wildman–Crippen LogP) is 13.3. The molecule has 0 aliphatic rings. The Bertz CT molecular complexity index is 2460. The van der Waals surface area contributed by atoms with Crippen LogP contribution in [-0.4, -0.2) is 4.98 Å². The minimum Gasteiger partial charge on any atom is -0.236 e. The molecular formula is C41H23F6NS. The fraction of sp³-hybridized carbons (Fsp3) is 0.0488. The quantitative estimate of drug-likeness (QED) is 0.169. The number of alkyl halides is 6. The second kappa shape index (κ2) is 11.6. The summed E-state index contributed by atoms with van der Waals surface area (Å²) in [4.78, 5) is 4.76. The molecule has 8 rings (SSSR count). The van der Waals surface area contributed by atoms with E-state index < -0.39 is 23.5 Å². The first-order chi connectivity index (χ1) is 23.5. The Balaban J connectivity index is 1.14. The Labute approximate surface area is 280 Å². The molecule has 0 bridgehead atoms. The number of rotatable bonds is 4. The van der Waals surface area contributed by atoms with Gasteiger partial charge in [0, 0.05) is 5.56 Å². The maximum Gasteiger partial charge on any atom is 0.416 e. The highest BCUT2D eigenvalue weighted by Crippen LogP contribution is 2.42. The molecule has 0 spiro atoms. The molecule has 8 heteroatoms. The zero-order chi connectivity index (χ0) is 33.9. The highest BCUT2D eigenvalue weighted by molar-refractivity contribution is 7.21. The van der Waals surface area contributed by atoms with Crippen LogP contribution in [0.25, 0.3) is 75.7 Å². The van der Waals surface area contributed by atoms with Crippen molar-refractivity contribution in [2.75, 3.05) is 0 Å². The number of benzene rings is 7. The fourth-order valence-electron chi connectivity index (χ4n) is 6.31. The lowest BCUT2D eigenvalue weighted by molar-refractivity contribution is -0.143. The van der Waals surface area contributed by atoms with E-state index in [9.17, 15) is 26.3 Å². The standard InChI is InChI=1S/C41H23F6NS/c42-40(43,44)31-21-30(22-32(23-31)41(45,46)47)34-18-17-33(35-5-1-2-6-36(34)35)29-16-15-27-19-26(13-14-28(27)20-29)24-9-11-25(12-10-24)39-48-37-7-3-4-8-38(37)49-39/h1-23H. The van der Waals surface area contributed by atoms with E-state index >= 15 is 0 Å². The zero-order valence-corrected chi connectivity index (χ0v) is 26.2. The molecule has 0 atom stereocenters. The van der Waals surface area contributed by atoms with Crippen LogP contribution in [0.2, 0.25) is 0 Å². The van der Waals surface area contributed by atoms with Gasteiger partial charge in [-0.3, -0.25) is 0 Å². The molecule has 0 fully saturated rings. The highest BCUT2D eigenvalue weighted by atomic mass is 32.1. The van der Waals surface area contributed by atoms with Crippen LogP contribution >= 0.6 is 11.3 Å². The maximum atomic E-state index is 13.6. The SMILES string of the molecule is FC(F)(F)c1cc(-c2ccc(-c3ccc4cc(-c5ccc(-c6nc7ccccc7s6)cc5)ccc4c3)c3ccccc23)cc(C(F)(F)F)c1. The van der Waals surface area contributed by atoms with E-state index in [0.717, 1.165) is 71.3 Å². The lowest BCUT2D eigenvalue weighted by Gasteiger charge is -2.17. The van der Waals surface area contributed by atoms with E-state index in [-0.39, 0.29) is 17.2 Å². The highest BCUT2D eigenvalue weighted by Gasteiger charge is 2.37. The summed E-state index contributed by atoms with van der Waals surface area (Å²) in [6.07, 6.45) is -9.87. The second-order valence-corrected chi connectivity index (χ2v) is 12.9. The predicted molar refractivity (Wildman–Crippen MR) is 186 cm³/mol. The van der Waals surface area contributed by atoms with Crippen LogP contribution in [0.4, 0.5) is 26.3 Å². The van der Waals surface area contributed by atoms with Crippen LogP contribution in [0.1, 0.15) is 11.1 Å². The van der Waals surface area contributed by atoms with E-state index in [0.29, 0.717) is 5.39 Å². The van der Waals surface area contributed by atoms with Gasteiger partial charge in [-0.15, -0.1) is 11.3 Å². The van der Waals surface area contributed by atoms with Gasteiger partial charge in [0.25, 0.3) is 0 Å². The number of para-hydroxylation sites is 1. The summed E-state index contributed by atoms with van der Waals surface area (Å²) in [6, 6.07) is 40.8. The summed E-state index contributed by atoms with van der Waals surface area (Å²) in [5.74, 6) is 0. The van der Waals surface area contributed by atoms with Gasteiger partial charge < -0.3 is 0 Å². The number of fused-ring (bicyclic) bond motifs is 3. The molecule has 1 aromatic heterocycles.